The van der Waals surface area contributed by atoms with Crippen molar-refractivity contribution in [2.45, 2.75) is 38.0 Å². The molecule has 0 atom stereocenters. The fourth-order valence-electron chi connectivity index (χ4n) is 2.55. The highest BCUT2D eigenvalue weighted by Crippen LogP contribution is 2.38. The van der Waals surface area contributed by atoms with Gasteiger partial charge in [-0.1, -0.05) is 11.6 Å². The number of aryl methyl sites for hydroxylation is 2. The van der Waals surface area contributed by atoms with Crippen LogP contribution in [0.3, 0.4) is 0 Å². The third-order valence-corrected chi connectivity index (χ3v) is 4.54. The van der Waals surface area contributed by atoms with Crippen LogP contribution in [0.5, 0.6) is 0 Å². The van der Waals surface area contributed by atoms with Gasteiger partial charge >= 0.3 is 6.18 Å². The molecule has 124 valence electrons. The van der Waals surface area contributed by atoms with Gasteiger partial charge in [-0.2, -0.15) is 18.3 Å². The first kappa shape index (κ1) is 17.1. The quantitative estimate of drug-likeness (QED) is 0.894. The minimum Gasteiger partial charge on any atom is -0.380 e. The van der Waals surface area contributed by atoms with E-state index in [0.717, 1.165) is 0 Å². The number of hydrogen-bond acceptors (Lipinski definition) is 3. The van der Waals surface area contributed by atoms with Crippen molar-refractivity contribution in [1.29, 1.82) is 0 Å². The Bertz CT molecular complexity index is 578. The summed E-state index contributed by atoms with van der Waals surface area (Å²) in [5.41, 5.74) is -1.51. The smallest absolute Gasteiger partial charge is 0.380 e. The average Bonchev–Trinajstić information content (AvgIpc) is 2.65. The number of aliphatic hydroxyl groups is 1. The van der Waals surface area contributed by atoms with Gasteiger partial charge in [0.25, 0.3) is 0 Å². The highest BCUT2D eigenvalue weighted by atomic mass is 35.5. The van der Waals surface area contributed by atoms with Gasteiger partial charge in [-0.25, -0.2) is 0 Å². The molecule has 0 spiro atoms. The molecule has 1 amide bonds. The molecule has 0 saturated carbocycles. The molecular weight excluding hydrogens is 323 g/mol. The standard InChI is InChI=1S/C13H17ClF3N3O2/c1-8-9(11(14)19(2)18-8)7-10(21)20-5-3-12(22,4-6-20)13(15,16)17/h22H,3-7H2,1-2H3. The van der Waals surface area contributed by atoms with Crippen LogP contribution in [0.15, 0.2) is 0 Å². The molecule has 0 aliphatic carbocycles. The Morgan fingerprint density at radius 2 is 1.95 bits per heavy atom. The second-order valence-electron chi connectivity index (χ2n) is 5.57. The van der Waals surface area contributed by atoms with Crippen LogP contribution < -0.4 is 0 Å². The summed E-state index contributed by atoms with van der Waals surface area (Å²) in [6.07, 6.45) is -5.71. The molecule has 0 radical (unpaired) electrons. The van der Waals surface area contributed by atoms with Gasteiger partial charge < -0.3 is 10.0 Å². The molecule has 0 bridgehead atoms. The number of alkyl halides is 3. The van der Waals surface area contributed by atoms with Crippen LogP contribution in [0.2, 0.25) is 5.15 Å². The minimum atomic E-state index is -4.68. The highest BCUT2D eigenvalue weighted by Gasteiger charge is 2.54. The topological polar surface area (TPSA) is 58.4 Å². The zero-order valence-corrected chi connectivity index (χ0v) is 13.0. The lowest BCUT2D eigenvalue weighted by Gasteiger charge is -2.39. The predicted molar refractivity (Wildman–Crippen MR) is 73.5 cm³/mol. The summed E-state index contributed by atoms with van der Waals surface area (Å²) < 4.78 is 39.6. The zero-order chi connectivity index (χ0) is 16.7. The Labute approximate surface area is 130 Å². The molecule has 1 aromatic heterocycles. The molecule has 22 heavy (non-hydrogen) atoms. The maximum atomic E-state index is 12.7. The maximum Gasteiger partial charge on any atom is 0.417 e. The zero-order valence-electron chi connectivity index (χ0n) is 12.2. The van der Waals surface area contributed by atoms with E-state index in [9.17, 15) is 23.1 Å². The molecular formula is C13H17ClF3N3O2. The van der Waals surface area contributed by atoms with E-state index in [4.69, 9.17) is 11.6 Å². The number of rotatable bonds is 2. The lowest BCUT2D eigenvalue weighted by atomic mass is 9.90. The van der Waals surface area contributed by atoms with Crippen molar-refractivity contribution in [1.82, 2.24) is 14.7 Å². The van der Waals surface area contributed by atoms with Crippen LogP contribution in [0.4, 0.5) is 13.2 Å². The van der Waals surface area contributed by atoms with Gasteiger partial charge in [-0.05, 0) is 6.92 Å². The Morgan fingerprint density at radius 3 is 2.36 bits per heavy atom. The van der Waals surface area contributed by atoms with Gasteiger partial charge in [0.05, 0.1) is 12.1 Å². The van der Waals surface area contributed by atoms with Crippen molar-refractivity contribution in [3.05, 3.63) is 16.4 Å². The van der Waals surface area contributed by atoms with E-state index >= 15 is 0 Å². The first-order chi connectivity index (χ1) is 10.0. The van der Waals surface area contributed by atoms with E-state index < -0.39 is 24.6 Å². The molecule has 2 heterocycles. The fourth-order valence-corrected chi connectivity index (χ4v) is 2.79. The van der Waals surface area contributed by atoms with Gasteiger partial charge in [0, 0.05) is 38.5 Å². The lowest BCUT2D eigenvalue weighted by Crippen LogP contribution is -2.54. The average molecular weight is 340 g/mol. The Kier molecular flexibility index (Phi) is 4.45. The Balaban J connectivity index is 2.02. The first-order valence-electron chi connectivity index (χ1n) is 6.80. The van der Waals surface area contributed by atoms with Gasteiger partial charge in [0.1, 0.15) is 5.15 Å². The second-order valence-corrected chi connectivity index (χ2v) is 5.92. The van der Waals surface area contributed by atoms with E-state index in [0.29, 0.717) is 16.4 Å². The van der Waals surface area contributed by atoms with Crippen molar-refractivity contribution in [3.63, 3.8) is 0 Å². The maximum absolute atomic E-state index is 12.7. The highest BCUT2D eigenvalue weighted by molar-refractivity contribution is 6.30. The van der Waals surface area contributed by atoms with Gasteiger partial charge in [0.2, 0.25) is 5.91 Å². The largest absolute Gasteiger partial charge is 0.417 e. The van der Waals surface area contributed by atoms with Crippen LogP contribution in [0, 0.1) is 6.92 Å². The summed E-state index contributed by atoms with van der Waals surface area (Å²) in [6, 6.07) is 0. The summed E-state index contributed by atoms with van der Waals surface area (Å²) in [5.74, 6) is -0.317. The molecule has 1 aliphatic rings. The van der Waals surface area contributed by atoms with Crippen LogP contribution in [0.1, 0.15) is 24.1 Å². The first-order valence-corrected chi connectivity index (χ1v) is 7.18. The molecule has 0 aromatic carbocycles. The van der Waals surface area contributed by atoms with Crippen LogP contribution >= 0.6 is 11.6 Å². The summed E-state index contributed by atoms with van der Waals surface area (Å²) >= 11 is 6.04. The normalized spacial score (nSPS) is 18.6. The molecule has 1 aromatic rings. The molecule has 1 saturated heterocycles. The molecule has 0 unspecified atom stereocenters. The van der Waals surface area contributed by atoms with Crippen LogP contribution in [0.25, 0.3) is 0 Å². The molecule has 5 nitrogen and oxygen atoms in total. The number of nitrogens with zero attached hydrogens (tertiary/aromatic N) is 3. The molecule has 1 aliphatic heterocycles. The van der Waals surface area contributed by atoms with E-state index in [1.54, 1.807) is 14.0 Å². The second kappa shape index (κ2) is 5.73. The van der Waals surface area contributed by atoms with E-state index in [1.807, 2.05) is 0 Å². The minimum absolute atomic E-state index is 0.0110. The van der Waals surface area contributed by atoms with Crippen molar-refractivity contribution in [2.24, 2.45) is 7.05 Å². The van der Waals surface area contributed by atoms with Crippen LogP contribution in [-0.4, -0.2) is 50.6 Å². The van der Waals surface area contributed by atoms with Gasteiger partial charge in [-0.3, -0.25) is 9.48 Å². The van der Waals surface area contributed by atoms with Crippen LogP contribution in [-0.2, 0) is 18.3 Å². The molecule has 2 rings (SSSR count). The summed E-state index contributed by atoms with van der Waals surface area (Å²) in [5, 5.41) is 14.0. The van der Waals surface area contributed by atoms with Crippen molar-refractivity contribution >= 4 is 17.5 Å². The molecule has 9 heteroatoms. The lowest BCUT2D eigenvalue weighted by molar-refractivity contribution is -0.272. The number of hydrogen-bond donors (Lipinski definition) is 1. The Morgan fingerprint density at radius 1 is 1.41 bits per heavy atom. The summed E-state index contributed by atoms with van der Waals surface area (Å²) in [7, 11) is 1.65. The monoisotopic (exact) mass is 339 g/mol. The number of aromatic nitrogens is 2. The van der Waals surface area contributed by atoms with E-state index in [2.05, 4.69) is 5.10 Å². The van der Waals surface area contributed by atoms with E-state index in [-0.39, 0.29) is 25.4 Å². The van der Waals surface area contributed by atoms with Crippen molar-refractivity contribution in [2.75, 3.05) is 13.1 Å². The summed E-state index contributed by atoms with van der Waals surface area (Å²) in [4.78, 5) is 13.5. The van der Waals surface area contributed by atoms with Gasteiger partial charge in [0.15, 0.2) is 5.60 Å². The predicted octanol–water partition coefficient (Wildman–Crippen LogP) is 1.84. The third kappa shape index (κ3) is 3.08. The van der Waals surface area contributed by atoms with Crippen molar-refractivity contribution in [3.8, 4) is 0 Å². The molecule has 1 fully saturated rings. The third-order valence-electron chi connectivity index (χ3n) is 4.07. The number of amides is 1. The van der Waals surface area contributed by atoms with E-state index in [1.165, 1.54) is 9.58 Å². The van der Waals surface area contributed by atoms with Gasteiger partial charge in [-0.15, -0.1) is 0 Å². The molecule has 1 N–H and O–H groups in total. The Hall–Kier alpha value is -1.28. The SMILES string of the molecule is Cc1nn(C)c(Cl)c1CC(=O)N1CCC(O)(C(F)(F)F)CC1. The fraction of sp³-hybridized carbons (Fsp3) is 0.692. The number of piperidine rings is 1. The summed E-state index contributed by atoms with van der Waals surface area (Å²) in [6.45, 7) is 1.45. The number of likely N-dealkylation sites (tertiary alicyclic amines) is 1. The number of carbonyl (C=O) groups excluding carboxylic acids is 1. The van der Waals surface area contributed by atoms with Crippen molar-refractivity contribution < 1.29 is 23.1 Å². The number of carbonyl (C=O) groups is 1. The number of halogens is 4.